The molecule has 0 radical (unpaired) electrons. The molecule has 0 amide bonds. The minimum Gasteiger partial charge on any atom is -0.434 e. The molecule has 3 atom stereocenters. The fourth-order valence-corrected chi connectivity index (χ4v) is 4.03. The number of nitro groups is 1. The van der Waals surface area contributed by atoms with Gasteiger partial charge in [0, 0.05) is 42.2 Å². The average Bonchev–Trinajstić information content (AvgIpc) is 3.09. The van der Waals surface area contributed by atoms with Gasteiger partial charge in [0.15, 0.2) is 5.78 Å². The number of methoxy groups -OCH3 is 1. The fraction of sp³-hybridized carbons (Fsp3) is 0.440. The predicted molar refractivity (Wildman–Crippen MR) is 123 cm³/mol. The van der Waals surface area contributed by atoms with Crippen molar-refractivity contribution in [2.45, 2.75) is 50.9 Å². The monoisotopic (exact) mass is 471 g/mol. The third-order valence-corrected chi connectivity index (χ3v) is 5.66. The summed E-state index contributed by atoms with van der Waals surface area (Å²) in [6.07, 6.45) is -1.34. The van der Waals surface area contributed by atoms with Crippen LogP contribution in [0.15, 0.2) is 48.5 Å². The first-order valence-corrected chi connectivity index (χ1v) is 11.0. The van der Waals surface area contributed by atoms with Gasteiger partial charge in [-0.25, -0.2) is 4.79 Å². The molecule has 0 bridgehead atoms. The number of rotatable bonds is 9. The molecule has 0 N–H and O–H groups in total. The summed E-state index contributed by atoms with van der Waals surface area (Å²) in [4.78, 5) is 36.2. The summed E-state index contributed by atoms with van der Waals surface area (Å²) in [5.41, 5.74) is 0.465. The van der Waals surface area contributed by atoms with Crippen molar-refractivity contribution in [3.8, 4) is 0 Å². The Labute approximate surface area is 198 Å². The van der Waals surface area contributed by atoms with Crippen molar-refractivity contribution in [2.75, 3.05) is 20.3 Å². The summed E-state index contributed by atoms with van der Waals surface area (Å²) in [6, 6.07) is 12.9. The molecule has 9 heteroatoms. The molecule has 2 unspecified atom stereocenters. The van der Waals surface area contributed by atoms with Gasteiger partial charge >= 0.3 is 6.16 Å². The lowest BCUT2D eigenvalue weighted by Gasteiger charge is -2.19. The Morgan fingerprint density at radius 3 is 2.53 bits per heavy atom. The molecule has 182 valence electrons. The average molecular weight is 472 g/mol. The third kappa shape index (κ3) is 6.18. The zero-order valence-electron chi connectivity index (χ0n) is 19.7. The van der Waals surface area contributed by atoms with Gasteiger partial charge in [0.2, 0.25) is 0 Å². The van der Waals surface area contributed by atoms with E-state index in [1.54, 1.807) is 37.3 Å². The normalized spacial score (nSPS) is 19.9. The summed E-state index contributed by atoms with van der Waals surface area (Å²) in [5.74, 6) is -0.806. The molecule has 0 aliphatic carbocycles. The maximum atomic E-state index is 12.8. The third-order valence-electron chi connectivity index (χ3n) is 5.66. The van der Waals surface area contributed by atoms with Crippen molar-refractivity contribution < 1.29 is 33.5 Å². The van der Waals surface area contributed by atoms with E-state index in [1.165, 1.54) is 25.3 Å². The molecule has 1 fully saturated rings. The Kier molecular flexibility index (Phi) is 8.01. The number of carbonyl (C=O) groups excluding carboxylic acids is 2. The van der Waals surface area contributed by atoms with E-state index < -0.39 is 34.8 Å². The lowest BCUT2D eigenvalue weighted by molar-refractivity contribution is -0.385. The second-order valence-electron chi connectivity index (χ2n) is 8.92. The van der Waals surface area contributed by atoms with Gasteiger partial charge in [-0.3, -0.25) is 14.9 Å². The van der Waals surface area contributed by atoms with E-state index in [9.17, 15) is 19.7 Å². The second-order valence-corrected chi connectivity index (χ2v) is 8.92. The minimum atomic E-state index is -0.890. The summed E-state index contributed by atoms with van der Waals surface area (Å²) in [7, 11) is 1.54. The topological polar surface area (TPSA) is 114 Å². The summed E-state index contributed by atoms with van der Waals surface area (Å²) in [5, 5.41) is 11.6. The standard InChI is InChI=1S/C25H29NO8/c1-16(14-32-24(28)33-21-13-25(2,3)34-22(21)15-31-4)19-12-18(10-11-20(19)26(29)30)23(27)17-8-6-5-7-9-17/h5-12,16,21-22H,13-15H2,1-4H3/t16?,21?,22-/m1/s1. The Hall–Kier alpha value is -3.30. The first-order chi connectivity index (χ1) is 16.1. The number of nitrogens with zero attached hydrogens (tertiary/aromatic N) is 1. The lowest BCUT2D eigenvalue weighted by atomic mass is 9.94. The largest absolute Gasteiger partial charge is 0.508 e. The van der Waals surface area contributed by atoms with Crippen LogP contribution in [0.2, 0.25) is 0 Å². The molecule has 0 saturated carbocycles. The Balaban J connectivity index is 1.69. The molecule has 2 aromatic carbocycles. The van der Waals surface area contributed by atoms with Gasteiger partial charge in [0.05, 0.1) is 17.1 Å². The molecular weight excluding hydrogens is 442 g/mol. The van der Waals surface area contributed by atoms with Gasteiger partial charge in [-0.2, -0.15) is 0 Å². The van der Waals surface area contributed by atoms with Crippen LogP contribution < -0.4 is 0 Å². The molecule has 1 aliphatic heterocycles. The Morgan fingerprint density at radius 2 is 1.88 bits per heavy atom. The maximum Gasteiger partial charge on any atom is 0.508 e. The highest BCUT2D eigenvalue weighted by molar-refractivity contribution is 6.09. The van der Waals surface area contributed by atoms with Crippen molar-refractivity contribution in [3.05, 3.63) is 75.3 Å². The van der Waals surface area contributed by atoms with E-state index in [2.05, 4.69) is 0 Å². The van der Waals surface area contributed by atoms with E-state index in [1.807, 2.05) is 13.8 Å². The van der Waals surface area contributed by atoms with Crippen LogP contribution in [0.5, 0.6) is 0 Å². The smallest absolute Gasteiger partial charge is 0.434 e. The second kappa shape index (κ2) is 10.8. The number of carbonyl (C=O) groups is 2. The number of ketones is 1. The van der Waals surface area contributed by atoms with E-state index in [0.717, 1.165) is 0 Å². The highest BCUT2D eigenvalue weighted by Crippen LogP contribution is 2.33. The zero-order chi connectivity index (χ0) is 24.9. The van der Waals surface area contributed by atoms with E-state index in [0.29, 0.717) is 23.1 Å². The highest BCUT2D eigenvalue weighted by Gasteiger charge is 2.43. The Morgan fingerprint density at radius 1 is 1.18 bits per heavy atom. The van der Waals surface area contributed by atoms with Crippen LogP contribution in [0.3, 0.4) is 0 Å². The van der Waals surface area contributed by atoms with Gasteiger partial charge in [-0.1, -0.05) is 37.3 Å². The fourth-order valence-electron chi connectivity index (χ4n) is 4.03. The van der Waals surface area contributed by atoms with Crippen molar-refractivity contribution in [3.63, 3.8) is 0 Å². The van der Waals surface area contributed by atoms with Gasteiger partial charge < -0.3 is 18.9 Å². The lowest BCUT2D eigenvalue weighted by Crippen LogP contribution is -2.31. The van der Waals surface area contributed by atoms with Gasteiger partial charge in [-0.05, 0) is 26.0 Å². The molecule has 0 spiro atoms. The van der Waals surface area contributed by atoms with Gasteiger partial charge in [0.1, 0.15) is 18.8 Å². The number of nitro benzene ring substituents is 1. The summed E-state index contributed by atoms with van der Waals surface area (Å²) < 4.78 is 21.7. The van der Waals surface area contributed by atoms with Gasteiger partial charge in [0.25, 0.3) is 5.69 Å². The summed E-state index contributed by atoms with van der Waals surface area (Å²) >= 11 is 0. The number of ether oxygens (including phenoxy) is 4. The summed E-state index contributed by atoms with van der Waals surface area (Å²) in [6.45, 7) is 5.59. The number of benzene rings is 2. The number of hydrogen-bond acceptors (Lipinski definition) is 8. The van der Waals surface area contributed by atoms with Crippen LogP contribution in [-0.2, 0) is 18.9 Å². The Bertz CT molecular complexity index is 1040. The van der Waals surface area contributed by atoms with Crippen LogP contribution in [0.4, 0.5) is 10.5 Å². The first kappa shape index (κ1) is 25.3. The van der Waals surface area contributed by atoms with Gasteiger partial charge in [-0.15, -0.1) is 0 Å². The highest BCUT2D eigenvalue weighted by atomic mass is 16.7. The van der Waals surface area contributed by atoms with Crippen molar-refractivity contribution >= 4 is 17.6 Å². The molecule has 2 aromatic rings. The van der Waals surface area contributed by atoms with Crippen LogP contribution in [0, 0.1) is 10.1 Å². The molecule has 1 saturated heterocycles. The SMILES string of the molecule is COC[C@H]1OC(C)(C)CC1OC(=O)OCC(C)c1cc(C(=O)c2ccccc2)ccc1[N+](=O)[O-]. The van der Waals surface area contributed by atoms with Crippen molar-refractivity contribution in [2.24, 2.45) is 0 Å². The predicted octanol–water partition coefficient (Wildman–Crippen LogP) is 4.67. The maximum absolute atomic E-state index is 12.8. The van der Waals surface area contributed by atoms with Crippen LogP contribution >= 0.6 is 0 Å². The molecule has 9 nitrogen and oxygen atoms in total. The van der Waals surface area contributed by atoms with Crippen LogP contribution in [-0.4, -0.2) is 55.0 Å². The molecule has 1 heterocycles. The van der Waals surface area contributed by atoms with Crippen LogP contribution in [0.1, 0.15) is 54.6 Å². The minimum absolute atomic E-state index is 0.153. The first-order valence-electron chi connectivity index (χ1n) is 11.0. The molecule has 1 aliphatic rings. The van der Waals surface area contributed by atoms with E-state index in [-0.39, 0.29) is 24.7 Å². The van der Waals surface area contributed by atoms with Crippen molar-refractivity contribution in [1.82, 2.24) is 0 Å². The van der Waals surface area contributed by atoms with Crippen LogP contribution in [0.25, 0.3) is 0 Å². The van der Waals surface area contributed by atoms with Crippen molar-refractivity contribution in [1.29, 1.82) is 0 Å². The zero-order valence-corrected chi connectivity index (χ0v) is 19.7. The molecular formula is C25H29NO8. The molecule has 0 aromatic heterocycles. The van der Waals surface area contributed by atoms with E-state index >= 15 is 0 Å². The van der Waals surface area contributed by atoms with E-state index in [4.69, 9.17) is 18.9 Å². The molecule has 3 rings (SSSR count). The number of hydrogen-bond donors (Lipinski definition) is 0. The quantitative estimate of drug-likeness (QED) is 0.224. The molecule has 34 heavy (non-hydrogen) atoms.